The summed E-state index contributed by atoms with van der Waals surface area (Å²) in [6, 6.07) is -0.996. The Labute approximate surface area is 97.6 Å². The van der Waals surface area contributed by atoms with Crippen molar-refractivity contribution in [3.63, 3.8) is 0 Å². The molecule has 0 rings (SSSR count). The van der Waals surface area contributed by atoms with E-state index in [1.165, 1.54) is 6.92 Å². The van der Waals surface area contributed by atoms with Gasteiger partial charge in [-0.05, 0) is 6.92 Å². The lowest BCUT2D eigenvalue weighted by Crippen LogP contribution is -2.49. The Morgan fingerprint density at radius 2 is 1.88 bits per heavy atom. The van der Waals surface area contributed by atoms with Crippen molar-refractivity contribution in [1.82, 2.24) is 0 Å². The van der Waals surface area contributed by atoms with Crippen LogP contribution in [0.1, 0.15) is 6.92 Å². The summed E-state index contributed by atoms with van der Waals surface area (Å²) in [7, 11) is 0. The lowest BCUT2D eigenvalue weighted by atomic mass is 10.0. The van der Waals surface area contributed by atoms with E-state index in [1.807, 2.05) is 0 Å². The Morgan fingerprint density at radius 1 is 1.35 bits per heavy atom. The third-order valence-electron chi connectivity index (χ3n) is 2.03. The fourth-order valence-corrected chi connectivity index (χ4v) is 0.949. The average Bonchev–Trinajstić information content (AvgIpc) is 2.32. The van der Waals surface area contributed by atoms with Crippen molar-refractivity contribution in [2.45, 2.75) is 37.4 Å². The maximum Gasteiger partial charge on any atom is 0.323 e. The summed E-state index contributed by atoms with van der Waals surface area (Å²) in [5.74, 6) is -0.938. The van der Waals surface area contributed by atoms with Crippen LogP contribution < -0.4 is 5.73 Å². The number of hydrogen-bond donors (Lipinski definition) is 5. The molecular weight excluding hydrogens is 234 g/mol. The number of aliphatic hydroxyl groups is 4. The van der Waals surface area contributed by atoms with Gasteiger partial charge < -0.3 is 30.9 Å². The third-order valence-corrected chi connectivity index (χ3v) is 2.03. The summed E-state index contributed by atoms with van der Waals surface area (Å²) in [6.07, 6.45) is -6.89. The van der Waals surface area contributed by atoms with Crippen molar-refractivity contribution in [2.75, 3.05) is 6.61 Å². The minimum Gasteiger partial charge on any atom is -0.451 e. The van der Waals surface area contributed by atoms with Gasteiger partial charge in [0.15, 0.2) is 12.4 Å². The van der Waals surface area contributed by atoms with Crippen LogP contribution in [-0.2, 0) is 14.3 Å². The largest absolute Gasteiger partial charge is 0.451 e. The van der Waals surface area contributed by atoms with Crippen LogP contribution in [0.15, 0.2) is 0 Å². The average molecular weight is 251 g/mol. The standard InChI is InChI=1S/C9H17NO7/c1-4(10)9(16)17-6(3-12)8(15)7(14)5(13)2-11/h3-8,11,13-15H,2,10H2,1H3/t4-,5-,6+,7-,8-/m1/s1. The minimum atomic E-state index is -1.85. The molecule has 0 aliphatic rings. The molecule has 0 bridgehead atoms. The summed E-state index contributed by atoms with van der Waals surface area (Å²) in [6.45, 7) is 0.501. The van der Waals surface area contributed by atoms with E-state index in [4.69, 9.17) is 15.9 Å². The third kappa shape index (κ3) is 4.75. The van der Waals surface area contributed by atoms with E-state index >= 15 is 0 Å². The smallest absolute Gasteiger partial charge is 0.323 e. The maximum atomic E-state index is 11.1. The van der Waals surface area contributed by atoms with Crippen molar-refractivity contribution in [3.8, 4) is 0 Å². The summed E-state index contributed by atoms with van der Waals surface area (Å²) in [5, 5.41) is 36.3. The predicted molar refractivity (Wildman–Crippen MR) is 54.7 cm³/mol. The highest BCUT2D eigenvalue weighted by molar-refractivity contribution is 5.77. The molecule has 0 aliphatic heterocycles. The molecule has 17 heavy (non-hydrogen) atoms. The van der Waals surface area contributed by atoms with Crippen LogP contribution in [0.4, 0.5) is 0 Å². The van der Waals surface area contributed by atoms with E-state index < -0.39 is 43.0 Å². The topological polar surface area (TPSA) is 150 Å². The SMILES string of the molecule is C[C@@H](N)C(=O)O[C@@H](C=O)[C@@H](O)[C@H](O)[C@H](O)CO. The van der Waals surface area contributed by atoms with Gasteiger partial charge in [0.1, 0.15) is 24.4 Å². The first-order chi connectivity index (χ1) is 7.84. The highest BCUT2D eigenvalue weighted by Crippen LogP contribution is 2.07. The molecule has 0 spiro atoms. The second-order valence-corrected chi connectivity index (χ2v) is 3.56. The highest BCUT2D eigenvalue weighted by Gasteiger charge is 2.33. The van der Waals surface area contributed by atoms with Crippen LogP contribution in [0.2, 0.25) is 0 Å². The molecule has 8 heteroatoms. The number of nitrogens with two attached hydrogens (primary N) is 1. The van der Waals surface area contributed by atoms with E-state index in [-0.39, 0.29) is 6.29 Å². The maximum absolute atomic E-state index is 11.1. The Balaban J connectivity index is 4.55. The van der Waals surface area contributed by atoms with Gasteiger partial charge in [-0.1, -0.05) is 0 Å². The normalized spacial score (nSPS) is 19.9. The van der Waals surface area contributed by atoms with Crippen molar-refractivity contribution >= 4 is 12.3 Å². The van der Waals surface area contributed by atoms with Gasteiger partial charge in [-0.25, -0.2) is 0 Å². The van der Waals surface area contributed by atoms with Crippen LogP contribution in [0.3, 0.4) is 0 Å². The van der Waals surface area contributed by atoms with Crippen LogP contribution in [0, 0.1) is 0 Å². The summed E-state index contributed by atoms with van der Waals surface area (Å²) in [4.78, 5) is 21.7. The number of rotatable bonds is 7. The molecule has 0 unspecified atom stereocenters. The number of ether oxygens (including phenoxy) is 1. The van der Waals surface area contributed by atoms with Crippen LogP contribution in [-0.4, -0.2) is 69.7 Å². The Hall–Kier alpha value is -1.06. The fourth-order valence-electron chi connectivity index (χ4n) is 0.949. The molecule has 0 fully saturated rings. The Morgan fingerprint density at radius 3 is 2.24 bits per heavy atom. The molecular formula is C9H17NO7. The molecule has 0 radical (unpaired) electrons. The number of aliphatic hydroxyl groups excluding tert-OH is 4. The van der Waals surface area contributed by atoms with Gasteiger partial charge in [0.2, 0.25) is 0 Å². The summed E-state index contributed by atoms with van der Waals surface area (Å²) < 4.78 is 4.50. The number of esters is 1. The van der Waals surface area contributed by atoms with Gasteiger partial charge in [-0.3, -0.25) is 9.59 Å². The molecule has 6 N–H and O–H groups in total. The molecule has 0 aromatic rings. The van der Waals surface area contributed by atoms with Gasteiger partial charge in [0, 0.05) is 0 Å². The van der Waals surface area contributed by atoms with Crippen molar-refractivity contribution in [2.24, 2.45) is 5.73 Å². The molecule has 0 aromatic heterocycles. The van der Waals surface area contributed by atoms with Crippen LogP contribution in [0.5, 0.6) is 0 Å². The Bertz CT molecular complexity index is 258. The van der Waals surface area contributed by atoms with E-state index in [9.17, 15) is 19.8 Å². The summed E-state index contributed by atoms with van der Waals surface area (Å²) in [5.41, 5.74) is 5.18. The fraction of sp³-hybridized carbons (Fsp3) is 0.778. The first kappa shape index (κ1) is 15.9. The van der Waals surface area contributed by atoms with Crippen molar-refractivity contribution in [1.29, 1.82) is 0 Å². The summed E-state index contributed by atoms with van der Waals surface area (Å²) >= 11 is 0. The zero-order chi connectivity index (χ0) is 13.6. The lowest BCUT2D eigenvalue weighted by molar-refractivity contribution is -0.168. The van der Waals surface area contributed by atoms with Gasteiger partial charge in [0.05, 0.1) is 6.61 Å². The molecule has 0 heterocycles. The zero-order valence-corrected chi connectivity index (χ0v) is 9.26. The van der Waals surface area contributed by atoms with Gasteiger partial charge >= 0.3 is 5.97 Å². The van der Waals surface area contributed by atoms with E-state index in [1.54, 1.807) is 0 Å². The van der Waals surface area contributed by atoms with E-state index in [0.29, 0.717) is 0 Å². The Kier molecular flexibility index (Phi) is 6.85. The molecule has 8 nitrogen and oxygen atoms in total. The first-order valence-corrected chi connectivity index (χ1v) is 4.91. The molecule has 0 saturated carbocycles. The van der Waals surface area contributed by atoms with Gasteiger partial charge in [-0.15, -0.1) is 0 Å². The quantitative estimate of drug-likeness (QED) is 0.231. The zero-order valence-electron chi connectivity index (χ0n) is 9.26. The van der Waals surface area contributed by atoms with Crippen LogP contribution >= 0.6 is 0 Å². The monoisotopic (exact) mass is 251 g/mol. The second-order valence-electron chi connectivity index (χ2n) is 3.56. The van der Waals surface area contributed by atoms with E-state index in [0.717, 1.165) is 0 Å². The number of hydrogen-bond acceptors (Lipinski definition) is 8. The second kappa shape index (κ2) is 7.30. The minimum absolute atomic E-state index is 0.0955. The van der Waals surface area contributed by atoms with Gasteiger partial charge in [-0.2, -0.15) is 0 Å². The van der Waals surface area contributed by atoms with Crippen molar-refractivity contribution in [3.05, 3.63) is 0 Å². The van der Waals surface area contributed by atoms with Gasteiger partial charge in [0.25, 0.3) is 0 Å². The van der Waals surface area contributed by atoms with E-state index in [2.05, 4.69) is 4.74 Å². The lowest BCUT2D eigenvalue weighted by Gasteiger charge is -2.25. The predicted octanol–water partition coefficient (Wildman–Crippen LogP) is -3.48. The molecule has 0 aromatic carbocycles. The number of carbonyl (C=O) groups is 2. The van der Waals surface area contributed by atoms with Crippen LogP contribution in [0.25, 0.3) is 0 Å². The molecule has 0 aliphatic carbocycles. The number of aldehydes is 1. The molecule has 0 amide bonds. The highest BCUT2D eigenvalue weighted by atomic mass is 16.6. The van der Waals surface area contributed by atoms with Crippen molar-refractivity contribution < 1.29 is 34.8 Å². The molecule has 100 valence electrons. The molecule has 5 atom stereocenters. The molecule has 0 saturated heterocycles. The first-order valence-electron chi connectivity index (χ1n) is 4.91. The number of carbonyl (C=O) groups excluding carboxylic acids is 2.